The van der Waals surface area contributed by atoms with Gasteiger partial charge in [0.15, 0.2) is 0 Å². The molecule has 116 valence electrons. The fourth-order valence-electron chi connectivity index (χ4n) is 2.55. The number of nitrogen functional groups attached to an aromatic ring is 1. The van der Waals surface area contributed by atoms with E-state index < -0.39 is 10.0 Å². The molecule has 0 spiro atoms. The predicted molar refractivity (Wildman–Crippen MR) is 79.0 cm³/mol. The summed E-state index contributed by atoms with van der Waals surface area (Å²) in [7, 11) is -2.30. The lowest BCUT2D eigenvalue weighted by molar-refractivity contribution is -0.141. The van der Waals surface area contributed by atoms with Gasteiger partial charge in [0.2, 0.25) is 10.0 Å². The zero-order valence-corrected chi connectivity index (χ0v) is 12.8. The van der Waals surface area contributed by atoms with E-state index in [0.29, 0.717) is 18.7 Å². The molecule has 6 nitrogen and oxygen atoms in total. The molecule has 0 aliphatic carbocycles. The minimum Gasteiger partial charge on any atom is -0.469 e. The Balaban J connectivity index is 2.27. The molecule has 0 saturated carbocycles. The Kier molecular flexibility index (Phi) is 4.84. The second-order valence-electron chi connectivity index (χ2n) is 5.11. The van der Waals surface area contributed by atoms with E-state index in [1.165, 1.54) is 23.5 Å². The molecule has 1 aromatic carbocycles. The van der Waals surface area contributed by atoms with Crippen LogP contribution >= 0.6 is 0 Å². The molecule has 7 heteroatoms. The summed E-state index contributed by atoms with van der Waals surface area (Å²) < 4.78 is 31.5. The molecule has 21 heavy (non-hydrogen) atoms. The van der Waals surface area contributed by atoms with Crippen LogP contribution < -0.4 is 5.73 Å². The minimum absolute atomic E-state index is 0.0880. The fourth-order valence-corrected chi connectivity index (χ4v) is 4.24. The molecule has 0 aromatic heterocycles. The third kappa shape index (κ3) is 3.54. The summed E-state index contributed by atoms with van der Waals surface area (Å²) in [4.78, 5) is 11.7. The average Bonchev–Trinajstić information content (AvgIpc) is 2.48. The van der Waals surface area contributed by atoms with Crippen LogP contribution in [-0.2, 0) is 19.6 Å². The summed E-state index contributed by atoms with van der Waals surface area (Å²) in [6.45, 7) is 0.425. The van der Waals surface area contributed by atoms with Crippen molar-refractivity contribution < 1.29 is 17.9 Å². The van der Waals surface area contributed by atoms with Crippen LogP contribution in [0, 0.1) is 0 Å². The molecule has 0 amide bonds. The van der Waals surface area contributed by atoms with Crippen LogP contribution in [0.4, 0.5) is 5.69 Å². The standard InChI is InChI=1S/C14H20N2O4S/c1-20-14(17)10-12-4-2-3-9-16(12)21(18,19)13-7-5-11(15)6-8-13/h5-8,12H,2-4,9-10,15H2,1H3. The van der Waals surface area contributed by atoms with Gasteiger partial charge in [0.1, 0.15) is 0 Å². The minimum atomic E-state index is -3.61. The number of rotatable bonds is 4. The lowest BCUT2D eigenvalue weighted by Gasteiger charge is -2.34. The van der Waals surface area contributed by atoms with E-state index in [-0.39, 0.29) is 23.3 Å². The van der Waals surface area contributed by atoms with E-state index in [4.69, 9.17) is 5.73 Å². The van der Waals surface area contributed by atoms with Gasteiger partial charge in [0.05, 0.1) is 18.4 Å². The molecule has 1 fully saturated rings. The van der Waals surface area contributed by atoms with Gasteiger partial charge in [0, 0.05) is 18.3 Å². The first-order chi connectivity index (χ1) is 9.95. The van der Waals surface area contributed by atoms with Crippen LogP contribution in [-0.4, -0.2) is 38.4 Å². The van der Waals surface area contributed by atoms with Crippen LogP contribution in [0.1, 0.15) is 25.7 Å². The maximum atomic E-state index is 12.7. The number of sulfonamides is 1. The summed E-state index contributed by atoms with van der Waals surface area (Å²) in [6.07, 6.45) is 2.47. The van der Waals surface area contributed by atoms with Gasteiger partial charge in [-0.25, -0.2) is 8.42 Å². The monoisotopic (exact) mass is 312 g/mol. The normalized spacial score (nSPS) is 20.1. The van der Waals surface area contributed by atoms with Crippen molar-refractivity contribution in [2.24, 2.45) is 0 Å². The van der Waals surface area contributed by atoms with E-state index in [9.17, 15) is 13.2 Å². The highest BCUT2D eigenvalue weighted by molar-refractivity contribution is 7.89. The largest absolute Gasteiger partial charge is 0.469 e. The number of carbonyl (C=O) groups excluding carboxylic acids is 1. The molecule has 1 atom stereocenters. The lowest BCUT2D eigenvalue weighted by Crippen LogP contribution is -2.44. The highest BCUT2D eigenvalue weighted by Crippen LogP contribution is 2.27. The third-order valence-electron chi connectivity index (χ3n) is 3.69. The van der Waals surface area contributed by atoms with Crippen LogP contribution in [0.3, 0.4) is 0 Å². The second kappa shape index (κ2) is 6.44. The number of methoxy groups -OCH3 is 1. The van der Waals surface area contributed by atoms with Crippen LogP contribution in [0.25, 0.3) is 0 Å². The number of benzene rings is 1. The van der Waals surface area contributed by atoms with Gasteiger partial charge < -0.3 is 10.5 Å². The molecule has 1 unspecified atom stereocenters. The Labute approximate surface area is 124 Å². The first kappa shape index (κ1) is 15.8. The van der Waals surface area contributed by atoms with E-state index in [1.54, 1.807) is 12.1 Å². The number of nitrogens with zero attached hydrogens (tertiary/aromatic N) is 1. The number of hydrogen-bond donors (Lipinski definition) is 1. The second-order valence-corrected chi connectivity index (χ2v) is 7.01. The van der Waals surface area contributed by atoms with Crippen LogP contribution in [0.15, 0.2) is 29.2 Å². The number of esters is 1. The Bertz CT molecular complexity index is 598. The maximum Gasteiger partial charge on any atom is 0.307 e. The number of hydrogen-bond acceptors (Lipinski definition) is 5. The van der Waals surface area contributed by atoms with E-state index in [1.807, 2.05) is 0 Å². The third-order valence-corrected chi connectivity index (χ3v) is 5.66. The van der Waals surface area contributed by atoms with Crippen molar-refractivity contribution >= 4 is 21.7 Å². The summed E-state index contributed by atoms with van der Waals surface area (Å²) in [5.41, 5.74) is 6.10. The first-order valence-corrected chi connectivity index (χ1v) is 8.33. The molecule has 1 heterocycles. The highest BCUT2D eigenvalue weighted by atomic mass is 32.2. The zero-order valence-electron chi connectivity index (χ0n) is 12.0. The number of piperidine rings is 1. The van der Waals surface area contributed by atoms with Gasteiger partial charge >= 0.3 is 5.97 Å². The van der Waals surface area contributed by atoms with Gasteiger partial charge in [-0.1, -0.05) is 6.42 Å². The van der Waals surface area contributed by atoms with Gasteiger partial charge in [0.25, 0.3) is 0 Å². The molecule has 1 aromatic rings. The van der Waals surface area contributed by atoms with Crippen molar-refractivity contribution in [3.8, 4) is 0 Å². The molecule has 0 radical (unpaired) electrons. The van der Waals surface area contributed by atoms with Gasteiger partial charge in [-0.3, -0.25) is 4.79 Å². The molecule has 1 aliphatic heterocycles. The molecule has 2 rings (SSSR count). The summed E-state index contributed by atoms with van der Waals surface area (Å²) in [5.74, 6) is -0.389. The number of ether oxygens (including phenoxy) is 1. The molecule has 2 N–H and O–H groups in total. The Morgan fingerprint density at radius 1 is 1.33 bits per heavy atom. The number of anilines is 1. The Morgan fingerprint density at radius 2 is 2.00 bits per heavy atom. The summed E-state index contributed by atoms with van der Waals surface area (Å²) >= 11 is 0. The van der Waals surface area contributed by atoms with Crippen molar-refractivity contribution in [2.75, 3.05) is 19.4 Å². The van der Waals surface area contributed by atoms with E-state index >= 15 is 0 Å². The topological polar surface area (TPSA) is 89.7 Å². The van der Waals surface area contributed by atoms with Crippen molar-refractivity contribution in [3.63, 3.8) is 0 Å². The lowest BCUT2D eigenvalue weighted by atomic mass is 10.0. The van der Waals surface area contributed by atoms with Crippen molar-refractivity contribution in [1.82, 2.24) is 4.31 Å². The highest BCUT2D eigenvalue weighted by Gasteiger charge is 2.34. The zero-order chi connectivity index (χ0) is 15.5. The van der Waals surface area contributed by atoms with E-state index in [2.05, 4.69) is 4.74 Å². The summed E-state index contributed by atoms with van der Waals surface area (Å²) in [6, 6.07) is 5.77. The smallest absolute Gasteiger partial charge is 0.307 e. The maximum absolute atomic E-state index is 12.7. The van der Waals surface area contributed by atoms with Gasteiger partial charge in [-0.15, -0.1) is 0 Å². The molecule has 0 bridgehead atoms. The molecular formula is C14H20N2O4S. The quantitative estimate of drug-likeness (QED) is 0.670. The van der Waals surface area contributed by atoms with Gasteiger partial charge in [-0.2, -0.15) is 4.31 Å². The number of carbonyl (C=O) groups is 1. The Morgan fingerprint density at radius 3 is 2.62 bits per heavy atom. The predicted octanol–water partition coefficient (Wildman–Crippen LogP) is 1.38. The Hall–Kier alpha value is -1.60. The first-order valence-electron chi connectivity index (χ1n) is 6.89. The number of nitrogens with two attached hydrogens (primary N) is 1. The van der Waals surface area contributed by atoms with Crippen LogP contribution in [0.5, 0.6) is 0 Å². The average molecular weight is 312 g/mol. The molecule has 1 aliphatic rings. The SMILES string of the molecule is COC(=O)CC1CCCCN1S(=O)(=O)c1ccc(N)cc1. The summed E-state index contributed by atoms with van der Waals surface area (Å²) in [5, 5.41) is 0. The fraction of sp³-hybridized carbons (Fsp3) is 0.500. The molecule has 1 saturated heterocycles. The van der Waals surface area contributed by atoms with Crippen molar-refractivity contribution in [2.45, 2.75) is 36.6 Å². The van der Waals surface area contributed by atoms with Crippen molar-refractivity contribution in [3.05, 3.63) is 24.3 Å². The van der Waals surface area contributed by atoms with E-state index in [0.717, 1.165) is 12.8 Å². The molecular weight excluding hydrogens is 292 g/mol. The van der Waals surface area contributed by atoms with Gasteiger partial charge in [-0.05, 0) is 37.1 Å². The van der Waals surface area contributed by atoms with Crippen molar-refractivity contribution in [1.29, 1.82) is 0 Å². The van der Waals surface area contributed by atoms with Crippen LogP contribution in [0.2, 0.25) is 0 Å².